The smallest absolute Gasteiger partial charge is 0.229 e. The van der Waals surface area contributed by atoms with E-state index in [0.717, 1.165) is 25.9 Å². The number of nitrogens with one attached hydrogen (secondary N) is 1. The summed E-state index contributed by atoms with van der Waals surface area (Å²) in [5.74, 6) is -0.264. The summed E-state index contributed by atoms with van der Waals surface area (Å²) in [6, 6.07) is 0. The fraction of sp³-hybridized carbons (Fsp3) is 0.833. The predicted molar refractivity (Wildman–Crippen MR) is 64.1 cm³/mol. The summed E-state index contributed by atoms with van der Waals surface area (Å²) < 4.78 is 0. The van der Waals surface area contributed by atoms with Gasteiger partial charge in [-0.3, -0.25) is 9.59 Å². The van der Waals surface area contributed by atoms with Crippen LogP contribution < -0.4 is 11.1 Å². The van der Waals surface area contributed by atoms with E-state index in [0.29, 0.717) is 19.5 Å². The van der Waals surface area contributed by atoms with Gasteiger partial charge >= 0.3 is 0 Å². The van der Waals surface area contributed by atoms with Crippen molar-refractivity contribution in [3.8, 4) is 0 Å². The van der Waals surface area contributed by atoms with E-state index in [4.69, 9.17) is 5.73 Å². The summed E-state index contributed by atoms with van der Waals surface area (Å²) >= 11 is 0. The van der Waals surface area contributed by atoms with Crippen molar-refractivity contribution in [2.45, 2.75) is 26.2 Å². The number of primary amides is 1. The molecule has 2 aliphatic rings. The molecule has 5 heteroatoms. The number of carbonyl (C=O) groups excluding carboxylic acids is 2. The van der Waals surface area contributed by atoms with E-state index in [1.807, 2.05) is 11.8 Å². The molecule has 0 aromatic heterocycles. The third-order valence-electron chi connectivity index (χ3n) is 3.99. The van der Waals surface area contributed by atoms with Gasteiger partial charge < -0.3 is 16.0 Å². The molecule has 0 bridgehead atoms. The number of amides is 2. The lowest BCUT2D eigenvalue weighted by atomic mass is 9.81. The third kappa shape index (κ3) is 2.44. The second-order valence-corrected chi connectivity index (χ2v) is 5.48. The summed E-state index contributed by atoms with van der Waals surface area (Å²) in [6.45, 7) is 4.92. The van der Waals surface area contributed by atoms with Crippen LogP contribution in [0.2, 0.25) is 0 Å². The van der Waals surface area contributed by atoms with Crippen LogP contribution in [-0.4, -0.2) is 42.9 Å². The third-order valence-corrected chi connectivity index (χ3v) is 3.99. The van der Waals surface area contributed by atoms with Gasteiger partial charge in [0.25, 0.3) is 0 Å². The Morgan fingerprint density at radius 1 is 1.47 bits per heavy atom. The molecule has 5 nitrogen and oxygen atoms in total. The first-order valence-corrected chi connectivity index (χ1v) is 6.32. The van der Waals surface area contributed by atoms with Crippen LogP contribution in [0.1, 0.15) is 26.2 Å². The van der Waals surface area contributed by atoms with Gasteiger partial charge in [0.2, 0.25) is 11.8 Å². The summed E-state index contributed by atoms with van der Waals surface area (Å²) in [4.78, 5) is 25.3. The van der Waals surface area contributed by atoms with E-state index in [1.165, 1.54) is 0 Å². The van der Waals surface area contributed by atoms with Gasteiger partial charge in [-0.2, -0.15) is 0 Å². The molecule has 2 saturated heterocycles. The maximum atomic E-state index is 12.4. The number of rotatable bonds is 2. The average molecular weight is 239 g/mol. The Labute approximate surface area is 102 Å². The largest absolute Gasteiger partial charge is 0.369 e. The molecule has 2 fully saturated rings. The number of likely N-dealkylation sites (tertiary alicyclic amines) is 1. The molecule has 0 saturated carbocycles. The number of nitrogens with zero attached hydrogens (tertiary/aromatic N) is 1. The lowest BCUT2D eigenvalue weighted by molar-refractivity contribution is -0.141. The monoisotopic (exact) mass is 239 g/mol. The number of piperidine rings is 1. The molecule has 96 valence electrons. The van der Waals surface area contributed by atoms with Crippen LogP contribution in [0.15, 0.2) is 0 Å². The molecule has 3 N–H and O–H groups in total. The first kappa shape index (κ1) is 12.4. The van der Waals surface area contributed by atoms with E-state index in [1.54, 1.807) is 0 Å². The second-order valence-electron chi connectivity index (χ2n) is 5.48. The minimum Gasteiger partial charge on any atom is -0.369 e. The van der Waals surface area contributed by atoms with Crippen molar-refractivity contribution in [1.29, 1.82) is 0 Å². The lowest BCUT2D eigenvalue weighted by Crippen LogP contribution is -2.49. The minimum absolute atomic E-state index is 0.154. The van der Waals surface area contributed by atoms with E-state index in [9.17, 15) is 9.59 Å². The highest BCUT2D eigenvalue weighted by molar-refractivity contribution is 5.85. The summed E-state index contributed by atoms with van der Waals surface area (Å²) in [5.41, 5.74) is 4.98. The fourth-order valence-electron chi connectivity index (χ4n) is 2.80. The maximum Gasteiger partial charge on any atom is 0.229 e. The van der Waals surface area contributed by atoms with Crippen molar-refractivity contribution in [1.82, 2.24) is 10.2 Å². The maximum absolute atomic E-state index is 12.4. The molecular weight excluding hydrogens is 218 g/mol. The Kier molecular flexibility index (Phi) is 3.38. The standard InChI is InChI=1S/C12H21N3O2/c1-12(4-2-5-14-8-12)11(17)15-6-3-9(7-15)10(13)16/h9,14H,2-8H2,1H3,(H2,13,16). The number of hydrogen-bond acceptors (Lipinski definition) is 3. The molecule has 0 aromatic rings. The fourth-order valence-corrected chi connectivity index (χ4v) is 2.80. The van der Waals surface area contributed by atoms with Gasteiger partial charge in [-0.1, -0.05) is 0 Å². The van der Waals surface area contributed by atoms with Crippen molar-refractivity contribution in [3.63, 3.8) is 0 Å². The number of nitrogens with two attached hydrogens (primary N) is 1. The van der Waals surface area contributed by atoms with E-state index in [-0.39, 0.29) is 23.1 Å². The van der Waals surface area contributed by atoms with E-state index >= 15 is 0 Å². The Morgan fingerprint density at radius 2 is 2.24 bits per heavy atom. The topological polar surface area (TPSA) is 75.4 Å². The first-order chi connectivity index (χ1) is 8.03. The van der Waals surface area contributed by atoms with Gasteiger partial charge in [0.15, 0.2) is 0 Å². The quantitative estimate of drug-likeness (QED) is 0.695. The van der Waals surface area contributed by atoms with Crippen molar-refractivity contribution >= 4 is 11.8 Å². The second kappa shape index (κ2) is 4.64. The molecule has 2 amide bonds. The Hall–Kier alpha value is -1.10. The number of carbonyl (C=O) groups is 2. The molecule has 0 spiro atoms. The molecule has 0 radical (unpaired) electrons. The van der Waals surface area contributed by atoms with E-state index in [2.05, 4.69) is 5.32 Å². The summed E-state index contributed by atoms with van der Waals surface area (Å²) in [6.07, 6.45) is 2.68. The molecule has 2 unspecified atom stereocenters. The van der Waals surface area contributed by atoms with Crippen molar-refractivity contribution in [2.24, 2.45) is 17.1 Å². The molecule has 2 aliphatic heterocycles. The molecule has 2 heterocycles. The Balaban J connectivity index is 1.98. The first-order valence-electron chi connectivity index (χ1n) is 6.32. The van der Waals surface area contributed by atoms with Gasteiger partial charge in [0.05, 0.1) is 11.3 Å². The summed E-state index contributed by atoms with van der Waals surface area (Å²) in [7, 11) is 0. The van der Waals surface area contributed by atoms with Crippen molar-refractivity contribution < 1.29 is 9.59 Å². The lowest BCUT2D eigenvalue weighted by Gasteiger charge is -2.36. The molecule has 17 heavy (non-hydrogen) atoms. The van der Waals surface area contributed by atoms with Crippen LogP contribution in [0.5, 0.6) is 0 Å². The van der Waals surface area contributed by atoms with Gasteiger partial charge in [-0.25, -0.2) is 0 Å². The van der Waals surface area contributed by atoms with Gasteiger partial charge in [-0.15, -0.1) is 0 Å². The van der Waals surface area contributed by atoms with Gasteiger partial charge in [-0.05, 0) is 32.7 Å². The zero-order chi connectivity index (χ0) is 12.5. The molecule has 2 atom stereocenters. The van der Waals surface area contributed by atoms with Crippen LogP contribution in [0.4, 0.5) is 0 Å². The average Bonchev–Trinajstić information content (AvgIpc) is 2.78. The molecular formula is C12H21N3O2. The molecule has 2 rings (SSSR count). The Morgan fingerprint density at radius 3 is 2.76 bits per heavy atom. The van der Waals surface area contributed by atoms with Gasteiger partial charge in [0, 0.05) is 19.6 Å². The van der Waals surface area contributed by atoms with E-state index < -0.39 is 0 Å². The highest BCUT2D eigenvalue weighted by Gasteiger charge is 2.40. The van der Waals surface area contributed by atoms with Crippen LogP contribution in [0.25, 0.3) is 0 Å². The van der Waals surface area contributed by atoms with Crippen LogP contribution in [0.3, 0.4) is 0 Å². The van der Waals surface area contributed by atoms with Crippen LogP contribution >= 0.6 is 0 Å². The molecule has 0 aromatic carbocycles. The molecule has 0 aliphatic carbocycles. The normalized spacial score (nSPS) is 33.7. The predicted octanol–water partition coefficient (Wildman–Crippen LogP) is -0.290. The van der Waals surface area contributed by atoms with Crippen molar-refractivity contribution in [3.05, 3.63) is 0 Å². The van der Waals surface area contributed by atoms with Crippen LogP contribution in [-0.2, 0) is 9.59 Å². The van der Waals surface area contributed by atoms with Gasteiger partial charge in [0.1, 0.15) is 0 Å². The SMILES string of the molecule is CC1(C(=O)N2CCC(C(N)=O)C2)CCCNC1. The van der Waals surface area contributed by atoms with Crippen LogP contribution in [0, 0.1) is 11.3 Å². The zero-order valence-corrected chi connectivity index (χ0v) is 10.4. The minimum atomic E-state index is -0.301. The summed E-state index contributed by atoms with van der Waals surface area (Å²) in [5, 5.41) is 3.27. The van der Waals surface area contributed by atoms with Crippen molar-refractivity contribution in [2.75, 3.05) is 26.2 Å². The Bertz CT molecular complexity index is 324. The number of hydrogen-bond donors (Lipinski definition) is 2. The zero-order valence-electron chi connectivity index (χ0n) is 10.4. The highest BCUT2D eigenvalue weighted by Crippen LogP contribution is 2.30. The highest BCUT2D eigenvalue weighted by atomic mass is 16.2.